The van der Waals surface area contributed by atoms with Crippen LogP contribution in [0.3, 0.4) is 0 Å². The number of benzene rings is 2. The standard InChI is InChI=1S/C20H18N2O6/c1-12(19(24)22-10-18(23)21-13-6-2-3-7-14(13)22)27-20(25)17-11-26-15-8-4-5-9-16(15)28-17/h2-9,12,17H,10-11H2,1H3,(H,21,23)/t12-,17-/m0/s1. The van der Waals surface area contributed by atoms with Gasteiger partial charge >= 0.3 is 5.97 Å². The fourth-order valence-corrected chi connectivity index (χ4v) is 3.09. The van der Waals surface area contributed by atoms with Gasteiger partial charge in [-0.25, -0.2) is 4.79 Å². The van der Waals surface area contributed by atoms with Gasteiger partial charge in [0, 0.05) is 0 Å². The van der Waals surface area contributed by atoms with Crippen LogP contribution in [0.4, 0.5) is 11.4 Å². The van der Waals surface area contributed by atoms with Crippen LogP contribution < -0.4 is 19.7 Å². The van der Waals surface area contributed by atoms with Crippen LogP contribution in [0.25, 0.3) is 0 Å². The molecule has 2 aliphatic rings. The van der Waals surface area contributed by atoms with Crippen molar-refractivity contribution in [1.82, 2.24) is 0 Å². The summed E-state index contributed by atoms with van der Waals surface area (Å²) in [5.74, 6) is -0.521. The highest BCUT2D eigenvalue weighted by molar-refractivity contribution is 6.11. The molecule has 8 heteroatoms. The summed E-state index contributed by atoms with van der Waals surface area (Å²) in [4.78, 5) is 38.5. The molecular formula is C20H18N2O6. The topological polar surface area (TPSA) is 94.2 Å². The lowest BCUT2D eigenvalue weighted by atomic mass is 10.1. The van der Waals surface area contributed by atoms with Crippen LogP contribution in [0.2, 0.25) is 0 Å². The molecular weight excluding hydrogens is 364 g/mol. The molecule has 4 rings (SSSR count). The molecule has 0 fully saturated rings. The van der Waals surface area contributed by atoms with E-state index in [2.05, 4.69) is 5.32 Å². The molecule has 0 saturated heterocycles. The van der Waals surface area contributed by atoms with Gasteiger partial charge < -0.3 is 19.5 Å². The van der Waals surface area contributed by atoms with Crippen molar-refractivity contribution in [3.05, 3.63) is 48.5 Å². The highest BCUT2D eigenvalue weighted by Crippen LogP contribution is 2.32. The van der Waals surface area contributed by atoms with E-state index in [1.54, 1.807) is 48.5 Å². The van der Waals surface area contributed by atoms with Gasteiger partial charge in [-0.2, -0.15) is 0 Å². The SMILES string of the molecule is C[C@H](OC(=O)[C@@H]1COc2ccccc2O1)C(=O)N1CC(=O)Nc2ccccc21. The smallest absolute Gasteiger partial charge is 0.351 e. The monoisotopic (exact) mass is 382 g/mol. The number of hydrogen-bond acceptors (Lipinski definition) is 6. The lowest BCUT2D eigenvalue weighted by Crippen LogP contribution is -2.48. The van der Waals surface area contributed by atoms with Crippen LogP contribution >= 0.6 is 0 Å². The molecule has 144 valence electrons. The molecule has 2 atom stereocenters. The van der Waals surface area contributed by atoms with E-state index in [1.165, 1.54) is 11.8 Å². The molecule has 0 saturated carbocycles. The molecule has 1 N–H and O–H groups in total. The molecule has 0 spiro atoms. The van der Waals surface area contributed by atoms with E-state index in [4.69, 9.17) is 14.2 Å². The number of amides is 2. The maximum atomic E-state index is 12.8. The number of hydrogen-bond donors (Lipinski definition) is 1. The second-order valence-corrected chi connectivity index (χ2v) is 6.43. The largest absolute Gasteiger partial charge is 0.485 e. The fraction of sp³-hybridized carbons (Fsp3) is 0.250. The number of para-hydroxylation sites is 4. The van der Waals surface area contributed by atoms with Gasteiger partial charge in [0.25, 0.3) is 5.91 Å². The predicted molar refractivity (Wildman–Crippen MR) is 99.3 cm³/mol. The van der Waals surface area contributed by atoms with Crippen LogP contribution in [0.15, 0.2) is 48.5 Å². The third-order valence-electron chi connectivity index (χ3n) is 4.45. The summed E-state index contributed by atoms with van der Waals surface area (Å²) in [5, 5.41) is 2.71. The van der Waals surface area contributed by atoms with Gasteiger partial charge in [-0.05, 0) is 31.2 Å². The molecule has 2 aromatic rings. The minimum atomic E-state index is -1.09. The highest BCUT2D eigenvalue weighted by atomic mass is 16.6. The van der Waals surface area contributed by atoms with Gasteiger partial charge in [-0.1, -0.05) is 24.3 Å². The first-order valence-corrected chi connectivity index (χ1v) is 8.82. The van der Waals surface area contributed by atoms with E-state index >= 15 is 0 Å². The summed E-state index contributed by atoms with van der Waals surface area (Å²) >= 11 is 0. The Kier molecular flexibility index (Phi) is 4.60. The lowest BCUT2D eigenvalue weighted by Gasteiger charge is -2.31. The zero-order valence-corrected chi connectivity index (χ0v) is 15.1. The summed E-state index contributed by atoms with van der Waals surface area (Å²) < 4.78 is 16.4. The van der Waals surface area contributed by atoms with E-state index in [0.717, 1.165) is 0 Å². The molecule has 0 radical (unpaired) electrons. The fourth-order valence-electron chi connectivity index (χ4n) is 3.09. The number of carbonyl (C=O) groups excluding carboxylic acids is 3. The second kappa shape index (κ2) is 7.22. The Morgan fingerprint density at radius 3 is 2.68 bits per heavy atom. The zero-order valence-electron chi connectivity index (χ0n) is 15.1. The van der Waals surface area contributed by atoms with Crippen LogP contribution in [0.5, 0.6) is 11.5 Å². The van der Waals surface area contributed by atoms with Crippen molar-refractivity contribution >= 4 is 29.2 Å². The van der Waals surface area contributed by atoms with Gasteiger partial charge in [-0.3, -0.25) is 14.5 Å². The quantitative estimate of drug-likeness (QED) is 0.813. The number of fused-ring (bicyclic) bond motifs is 2. The van der Waals surface area contributed by atoms with Crippen molar-refractivity contribution in [3.8, 4) is 11.5 Å². The Morgan fingerprint density at radius 2 is 1.86 bits per heavy atom. The van der Waals surface area contributed by atoms with Crippen molar-refractivity contribution in [3.63, 3.8) is 0 Å². The first-order chi connectivity index (χ1) is 13.5. The van der Waals surface area contributed by atoms with E-state index in [9.17, 15) is 14.4 Å². The predicted octanol–water partition coefficient (Wildman–Crippen LogP) is 1.74. The van der Waals surface area contributed by atoms with Crippen LogP contribution in [-0.4, -0.2) is 43.1 Å². The average molecular weight is 382 g/mol. The minimum absolute atomic E-state index is 0.00822. The van der Waals surface area contributed by atoms with Crippen LogP contribution in [-0.2, 0) is 19.1 Å². The number of ether oxygens (including phenoxy) is 3. The van der Waals surface area contributed by atoms with E-state index < -0.39 is 24.1 Å². The molecule has 2 aliphatic heterocycles. The van der Waals surface area contributed by atoms with Crippen molar-refractivity contribution in [1.29, 1.82) is 0 Å². The average Bonchev–Trinajstić information content (AvgIpc) is 2.72. The van der Waals surface area contributed by atoms with E-state index in [1.807, 2.05) is 0 Å². The normalized spacial score (nSPS) is 18.5. The third kappa shape index (κ3) is 3.36. The second-order valence-electron chi connectivity index (χ2n) is 6.43. The molecule has 0 unspecified atom stereocenters. The Morgan fingerprint density at radius 1 is 1.14 bits per heavy atom. The summed E-state index contributed by atoms with van der Waals surface area (Å²) in [6, 6.07) is 13.9. The van der Waals surface area contributed by atoms with Crippen molar-refractivity contribution < 1.29 is 28.6 Å². The summed E-state index contributed by atoms with van der Waals surface area (Å²) in [6.45, 7) is 1.31. The number of carbonyl (C=O) groups is 3. The van der Waals surface area contributed by atoms with Crippen molar-refractivity contribution in [2.75, 3.05) is 23.4 Å². The minimum Gasteiger partial charge on any atom is -0.485 e. The number of rotatable bonds is 3. The van der Waals surface area contributed by atoms with Crippen LogP contribution in [0.1, 0.15) is 6.92 Å². The summed E-state index contributed by atoms with van der Waals surface area (Å²) in [7, 11) is 0. The molecule has 8 nitrogen and oxygen atoms in total. The number of nitrogens with one attached hydrogen (secondary N) is 1. The van der Waals surface area contributed by atoms with Gasteiger partial charge in [-0.15, -0.1) is 0 Å². The zero-order chi connectivity index (χ0) is 19.7. The number of esters is 1. The van der Waals surface area contributed by atoms with Crippen molar-refractivity contribution in [2.45, 2.75) is 19.1 Å². The Hall–Kier alpha value is -3.55. The number of nitrogens with zero attached hydrogens (tertiary/aromatic N) is 1. The molecule has 0 aromatic heterocycles. The maximum Gasteiger partial charge on any atom is 0.351 e. The first kappa shape index (κ1) is 17.8. The van der Waals surface area contributed by atoms with Crippen LogP contribution in [0, 0.1) is 0 Å². The maximum absolute atomic E-state index is 12.8. The molecule has 2 aromatic carbocycles. The summed E-state index contributed by atoms with van der Waals surface area (Å²) in [5.41, 5.74) is 1.09. The molecule has 2 amide bonds. The molecule has 28 heavy (non-hydrogen) atoms. The summed E-state index contributed by atoms with van der Waals surface area (Å²) in [6.07, 6.45) is -2.06. The molecule has 0 bridgehead atoms. The Bertz CT molecular complexity index is 944. The van der Waals surface area contributed by atoms with Gasteiger partial charge in [0.05, 0.1) is 11.4 Å². The highest BCUT2D eigenvalue weighted by Gasteiger charge is 2.35. The lowest BCUT2D eigenvalue weighted by molar-refractivity contribution is -0.163. The Labute approximate surface area is 161 Å². The van der Waals surface area contributed by atoms with Gasteiger partial charge in [0.2, 0.25) is 12.0 Å². The number of anilines is 2. The van der Waals surface area contributed by atoms with E-state index in [-0.39, 0.29) is 19.1 Å². The van der Waals surface area contributed by atoms with Gasteiger partial charge in [0.1, 0.15) is 13.2 Å². The molecule has 0 aliphatic carbocycles. The Balaban J connectivity index is 1.44. The molecule has 2 heterocycles. The first-order valence-electron chi connectivity index (χ1n) is 8.82. The van der Waals surface area contributed by atoms with Gasteiger partial charge in [0.15, 0.2) is 17.6 Å². The third-order valence-corrected chi connectivity index (χ3v) is 4.45. The van der Waals surface area contributed by atoms with Crippen molar-refractivity contribution in [2.24, 2.45) is 0 Å². The van der Waals surface area contributed by atoms with E-state index in [0.29, 0.717) is 22.9 Å².